The maximum absolute atomic E-state index is 12.7. The Hall–Kier alpha value is -3.13. The second kappa shape index (κ2) is 7.71. The van der Waals surface area contributed by atoms with Crippen molar-refractivity contribution in [2.75, 3.05) is 37.6 Å². The molecule has 0 bridgehead atoms. The molecule has 152 valence electrons. The molecule has 0 atom stereocenters. The van der Waals surface area contributed by atoms with E-state index in [9.17, 15) is 9.59 Å². The van der Waals surface area contributed by atoms with E-state index in [1.54, 1.807) is 7.05 Å². The molecule has 1 N–H and O–H groups in total. The highest BCUT2D eigenvalue weighted by Gasteiger charge is 2.24. The van der Waals surface area contributed by atoms with Gasteiger partial charge in [-0.3, -0.25) is 23.8 Å². The van der Waals surface area contributed by atoms with E-state index in [1.165, 1.54) is 4.57 Å². The van der Waals surface area contributed by atoms with Gasteiger partial charge in [0.15, 0.2) is 11.2 Å². The van der Waals surface area contributed by atoms with E-state index in [0.717, 1.165) is 49.8 Å². The molecule has 3 aromatic rings. The molecule has 0 saturated carbocycles. The molecular formula is C21H26N6O2. The number of aryl methyl sites for hydroxylation is 2. The minimum absolute atomic E-state index is 0.402. The Labute approximate surface area is 168 Å². The van der Waals surface area contributed by atoms with Crippen LogP contribution in [0.2, 0.25) is 0 Å². The zero-order chi connectivity index (χ0) is 20.5. The lowest BCUT2D eigenvalue weighted by Crippen LogP contribution is -2.47. The van der Waals surface area contributed by atoms with Gasteiger partial charge in [-0.2, -0.15) is 4.98 Å². The molecule has 0 aliphatic carbocycles. The highest BCUT2D eigenvalue weighted by molar-refractivity contribution is 5.74. The van der Waals surface area contributed by atoms with Crippen molar-refractivity contribution < 1.29 is 0 Å². The predicted molar refractivity (Wildman–Crippen MR) is 115 cm³/mol. The molecule has 1 aliphatic heterocycles. The van der Waals surface area contributed by atoms with E-state index in [1.807, 2.05) is 22.8 Å². The number of hydrogen-bond donors (Lipinski definition) is 1. The van der Waals surface area contributed by atoms with Crippen LogP contribution in [0.1, 0.15) is 11.1 Å². The molecule has 1 fully saturated rings. The van der Waals surface area contributed by atoms with Crippen LogP contribution < -0.4 is 16.1 Å². The summed E-state index contributed by atoms with van der Waals surface area (Å²) < 4.78 is 3.35. The molecule has 8 nitrogen and oxygen atoms in total. The second-order valence-electron chi connectivity index (χ2n) is 7.49. The average Bonchev–Trinajstić information content (AvgIpc) is 3.09. The first-order chi connectivity index (χ1) is 14.0. The van der Waals surface area contributed by atoms with Crippen LogP contribution in [0.3, 0.4) is 0 Å². The number of benzene rings is 1. The number of H-pyrrole nitrogens is 1. The number of rotatable bonds is 5. The van der Waals surface area contributed by atoms with Gasteiger partial charge in [-0.15, -0.1) is 6.58 Å². The van der Waals surface area contributed by atoms with E-state index in [4.69, 9.17) is 4.98 Å². The summed E-state index contributed by atoms with van der Waals surface area (Å²) in [5, 5.41) is 0. The lowest BCUT2D eigenvalue weighted by Gasteiger charge is -2.35. The normalized spacial score (nSPS) is 15.2. The molecule has 0 amide bonds. The third-order valence-corrected chi connectivity index (χ3v) is 5.62. The summed E-state index contributed by atoms with van der Waals surface area (Å²) in [6, 6.07) is 8.11. The van der Waals surface area contributed by atoms with Crippen LogP contribution in [0.4, 0.5) is 5.95 Å². The van der Waals surface area contributed by atoms with E-state index in [0.29, 0.717) is 17.7 Å². The van der Waals surface area contributed by atoms with Crippen LogP contribution in [0.15, 0.2) is 46.5 Å². The molecule has 1 saturated heterocycles. The maximum Gasteiger partial charge on any atom is 0.329 e. The van der Waals surface area contributed by atoms with Gasteiger partial charge in [0.05, 0.1) is 6.54 Å². The van der Waals surface area contributed by atoms with Gasteiger partial charge in [0.2, 0.25) is 5.95 Å². The van der Waals surface area contributed by atoms with Crippen molar-refractivity contribution in [2.45, 2.75) is 13.5 Å². The van der Waals surface area contributed by atoms with Gasteiger partial charge in [-0.05, 0) is 18.1 Å². The molecule has 0 spiro atoms. The highest BCUT2D eigenvalue weighted by atomic mass is 16.2. The third-order valence-electron chi connectivity index (χ3n) is 5.62. The molecule has 3 heterocycles. The molecule has 1 aromatic carbocycles. The molecule has 0 unspecified atom stereocenters. The number of aromatic nitrogens is 4. The van der Waals surface area contributed by atoms with E-state index < -0.39 is 11.2 Å². The van der Waals surface area contributed by atoms with Crippen molar-refractivity contribution in [1.82, 2.24) is 24.0 Å². The second-order valence-corrected chi connectivity index (χ2v) is 7.49. The first-order valence-electron chi connectivity index (χ1n) is 9.82. The molecule has 29 heavy (non-hydrogen) atoms. The summed E-state index contributed by atoms with van der Waals surface area (Å²) in [7, 11) is 1.64. The van der Waals surface area contributed by atoms with E-state index >= 15 is 0 Å². The molecule has 8 heteroatoms. The first kappa shape index (κ1) is 19.2. The quantitative estimate of drug-likeness (QED) is 0.656. The number of piperazine rings is 1. The first-order valence-corrected chi connectivity index (χ1v) is 9.82. The fourth-order valence-corrected chi connectivity index (χ4v) is 3.89. The number of imidazole rings is 1. The minimum atomic E-state index is -0.453. The standard InChI is InChI=1S/C21H26N6O2/c1-4-9-25-10-12-26(13-11-25)20-22-18-17(19(28)23-21(29)24(18)3)27(20)14-16-8-6-5-7-15(16)2/h4-8H,1,9-14H2,2-3H3,(H,23,28,29). The van der Waals surface area contributed by atoms with Crippen molar-refractivity contribution in [3.63, 3.8) is 0 Å². The van der Waals surface area contributed by atoms with Crippen LogP contribution in [0.5, 0.6) is 0 Å². The number of nitrogens with one attached hydrogen (secondary N) is 1. The van der Waals surface area contributed by atoms with Crippen LogP contribution >= 0.6 is 0 Å². The van der Waals surface area contributed by atoms with E-state index in [-0.39, 0.29) is 0 Å². The van der Waals surface area contributed by atoms with Crippen molar-refractivity contribution in [2.24, 2.45) is 7.05 Å². The number of hydrogen-bond acceptors (Lipinski definition) is 5. The van der Waals surface area contributed by atoms with Gasteiger partial charge in [0.1, 0.15) is 0 Å². The predicted octanol–water partition coefficient (Wildman–Crippen LogP) is 1.09. The Morgan fingerprint density at radius 2 is 1.90 bits per heavy atom. The summed E-state index contributed by atoms with van der Waals surface area (Å²) in [6.07, 6.45) is 1.92. The van der Waals surface area contributed by atoms with Gasteiger partial charge in [0, 0.05) is 39.8 Å². The van der Waals surface area contributed by atoms with Crippen molar-refractivity contribution in [3.8, 4) is 0 Å². The molecule has 4 rings (SSSR count). The van der Waals surface area contributed by atoms with Gasteiger partial charge in [-0.1, -0.05) is 30.3 Å². The zero-order valence-electron chi connectivity index (χ0n) is 16.9. The van der Waals surface area contributed by atoms with Crippen LogP contribution in [0, 0.1) is 6.92 Å². The summed E-state index contributed by atoms with van der Waals surface area (Å²) in [5.74, 6) is 0.730. The van der Waals surface area contributed by atoms with Crippen molar-refractivity contribution in [1.29, 1.82) is 0 Å². The molecule has 0 radical (unpaired) electrons. The Kier molecular flexibility index (Phi) is 5.10. The summed E-state index contributed by atoms with van der Waals surface area (Å²) in [5.41, 5.74) is 2.25. The highest BCUT2D eigenvalue weighted by Crippen LogP contribution is 2.23. The van der Waals surface area contributed by atoms with Crippen LogP contribution in [0.25, 0.3) is 11.2 Å². The minimum Gasteiger partial charge on any atom is -0.340 e. The monoisotopic (exact) mass is 394 g/mol. The lowest BCUT2D eigenvalue weighted by molar-refractivity contribution is 0.282. The summed E-state index contributed by atoms with van der Waals surface area (Å²) >= 11 is 0. The van der Waals surface area contributed by atoms with Gasteiger partial charge < -0.3 is 4.90 Å². The molecular weight excluding hydrogens is 368 g/mol. The van der Waals surface area contributed by atoms with Crippen LogP contribution in [-0.2, 0) is 13.6 Å². The third kappa shape index (κ3) is 3.51. The lowest BCUT2D eigenvalue weighted by atomic mass is 10.1. The van der Waals surface area contributed by atoms with Gasteiger partial charge in [-0.25, -0.2) is 4.79 Å². The number of nitrogens with zero attached hydrogens (tertiary/aromatic N) is 5. The maximum atomic E-state index is 12.7. The fraction of sp³-hybridized carbons (Fsp3) is 0.381. The van der Waals surface area contributed by atoms with Crippen molar-refractivity contribution in [3.05, 3.63) is 68.9 Å². The van der Waals surface area contributed by atoms with Crippen molar-refractivity contribution >= 4 is 17.1 Å². The molecule has 1 aliphatic rings. The summed E-state index contributed by atoms with van der Waals surface area (Å²) in [4.78, 5) is 36.5. The van der Waals surface area contributed by atoms with Gasteiger partial charge in [0.25, 0.3) is 5.56 Å². The van der Waals surface area contributed by atoms with E-state index in [2.05, 4.69) is 40.4 Å². The summed E-state index contributed by atoms with van der Waals surface area (Å²) in [6.45, 7) is 10.7. The SMILES string of the molecule is C=CCN1CCN(c2nc3c(c(=O)[nH]c(=O)n3C)n2Cc2ccccc2C)CC1. The van der Waals surface area contributed by atoms with Crippen LogP contribution in [-0.4, -0.2) is 56.7 Å². The Morgan fingerprint density at radius 1 is 1.17 bits per heavy atom. The Morgan fingerprint density at radius 3 is 2.59 bits per heavy atom. The largest absolute Gasteiger partial charge is 0.340 e. The number of anilines is 1. The Balaban J connectivity index is 1.83. The topological polar surface area (TPSA) is 79.2 Å². The average molecular weight is 394 g/mol. The fourth-order valence-electron chi connectivity index (χ4n) is 3.89. The number of fused-ring (bicyclic) bond motifs is 1. The number of aromatic amines is 1. The molecule has 2 aromatic heterocycles. The smallest absolute Gasteiger partial charge is 0.329 e. The zero-order valence-corrected chi connectivity index (χ0v) is 16.9. The van der Waals surface area contributed by atoms with Gasteiger partial charge >= 0.3 is 5.69 Å². The Bertz CT molecular complexity index is 1160.